The van der Waals surface area contributed by atoms with Gasteiger partial charge in [0.25, 0.3) is 0 Å². The zero-order valence-corrected chi connectivity index (χ0v) is 11.2. The molecule has 1 aliphatic rings. The van der Waals surface area contributed by atoms with Crippen molar-refractivity contribution in [2.45, 2.75) is 25.7 Å². The van der Waals surface area contributed by atoms with Gasteiger partial charge in [-0.2, -0.15) is 0 Å². The maximum Gasteiger partial charge on any atom is 0.119 e. The van der Waals surface area contributed by atoms with Gasteiger partial charge in [0.1, 0.15) is 5.75 Å². The first-order chi connectivity index (χ1) is 8.68. The van der Waals surface area contributed by atoms with Crippen LogP contribution in [0.3, 0.4) is 0 Å². The summed E-state index contributed by atoms with van der Waals surface area (Å²) in [6, 6.07) is 8.06. The highest BCUT2D eigenvalue weighted by Crippen LogP contribution is 2.34. The molecule has 18 heavy (non-hydrogen) atoms. The highest BCUT2D eigenvalue weighted by molar-refractivity contribution is 5.33. The fourth-order valence-corrected chi connectivity index (χ4v) is 2.44. The Balaban J connectivity index is 2.16. The van der Waals surface area contributed by atoms with Crippen molar-refractivity contribution in [1.29, 1.82) is 0 Å². The van der Waals surface area contributed by atoms with Crippen molar-refractivity contribution in [3.8, 4) is 5.75 Å². The van der Waals surface area contributed by atoms with E-state index < -0.39 is 0 Å². The van der Waals surface area contributed by atoms with Crippen LogP contribution in [0.5, 0.6) is 5.75 Å². The van der Waals surface area contributed by atoms with E-state index in [0.717, 1.165) is 30.9 Å². The van der Waals surface area contributed by atoms with E-state index >= 15 is 0 Å². The van der Waals surface area contributed by atoms with Crippen LogP contribution in [0.15, 0.2) is 24.3 Å². The zero-order chi connectivity index (χ0) is 13.0. The second-order valence-corrected chi connectivity index (χ2v) is 5.29. The fourth-order valence-electron chi connectivity index (χ4n) is 2.44. The molecule has 0 radical (unpaired) electrons. The number of benzene rings is 1. The number of aliphatic hydroxyl groups excluding tert-OH is 1. The predicted octanol–water partition coefficient (Wildman–Crippen LogP) is 2.37. The van der Waals surface area contributed by atoms with Crippen LogP contribution in [-0.4, -0.2) is 31.5 Å². The lowest BCUT2D eigenvalue weighted by molar-refractivity contribution is -0.0485. The van der Waals surface area contributed by atoms with Crippen LogP contribution in [-0.2, 0) is 10.2 Å². The Labute approximate surface area is 109 Å². The van der Waals surface area contributed by atoms with E-state index in [4.69, 9.17) is 9.47 Å². The molecule has 0 spiro atoms. The van der Waals surface area contributed by atoms with Crippen LogP contribution >= 0.6 is 0 Å². The highest BCUT2D eigenvalue weighted by Gasteiger charge is 2.32. The standard InChI is InChI=1S/C15H22O3/c1-3-18-14-6-4-5-13(7-14)15(2,11-16)8-12-9-17-10-12/h4-7,12,16H,3,8-11H2,1-2H3. The third-order valence-electron chi connectivity index (χ3n) is 3.64. The molecular formula is C15H22O3. The Bertz CT molecular complexity index is 387. The minimum Gasteiger partial charge on any atom is -0.494 e. The lowest BCUT2D eigenvalue weighted by Crippen LogP contribution is -2.37. The first-order valence-electron chi connectivity index (χ1n) is 6.60. The summed E-state index contributed by atoms with van der Waals surface area (Å²) in [6.07, 6.45) is 0.957. The van der Waals surface area contributed by atoms with Crippen molar-refractivity contribution in [3.63, 3.8) is 0 Å². The highest BCUT2D eigenvalue weighted by atomic mass is 16.5. The van der Waals surface area contributed by atoms with Gasteiger partial charge in [0.2, 0.25) is 0 Å². The summed E-state index contributed by atoms with van der Waals surface area (Å²) in [5.41, 5.74) is 0.935. The second kappa shape index (κ2) is 5.72. The molecule has 1 aromatic carbocycles. The maximum atomic E-state index is 9.75. The minimum absolute atomic E-state index is 0.152. The van der Waals surface area contributed by atoms with Crippen molar-refractivity contribution in [2.75, 3.05) is 26.4 Å². The Morgan fingerprint density at radius 1 is 1.44 bits per heavy atom. The Hall–Kier alpha value is -1.06. The number of rotatable bonds is 6. The van der Waals surface area contributed by atoms with Gasteiger partial charge >= 0.3 is 0 Å². The molecule has 1 aliphatic heterocycles. The summed E-state index contributed by atoms with van der Waals surface area (Å²) in [5.74, 6) is 1.44. The molecule has 2 rings (SSSR count). The molecule has 1 N–H and O–H groups in total. The summed E-state index contributed by atoms with van der Waals surface area (Å²) in [6.45, 7) is 6.54. The maximum absolute atomic E-state index is 9.75. The van der Waals surface area contributed by atoms with Gasteiger partial charge in [0.05, 0.1) is 26.4 Å². The molecule has 3 heteroatoms. The second-order valence-electron chi connectivity index (χ2n) is 5.29. The molecule has 1 atom stereocenters. The van der Waals surface area contributed by atoms with Crippen molar-refractivity contribution in [1.82, 2.24) is 0 Å². The Kier molecular flexibility index (Phi) is 4.25. The normalized spacial score (nSPS) is 19.1. The third kappa shape index (κ3) is 2.85. The van der Waals surface area contributed by atoms with Crippen LogP contribution in [0.4, 0.5) is 0 Å². The number of hydrogen-bond acceptors (Lipinski definition) is 3. The van der Waals surface area contributed by atoms with Crippen molar-refractivity contribution >= 4 is 0 Å². The van der Waals surface area contributed by atoms with E-state index in [2.05, 4.69) is 13.0 Å². The largest absolute Gasteiger partial charge is 0.494 e. The smallest absolute Gasteiger partial charge is 0.119 e. The molecular weight excluding hydrogens is 228 g/mol. The minimum atomic E-state index is -0.207. The monoisotopic (exact) mass is 250 g/mol. The molecule has 1 aromatic rings. The summed E-state index contributed by atoms with van der Waals surface area (Å²) in [4.78, 5) is 0. The molecule has 1 heterocycles. The summed E-state index contributed by atoms with van der Waals surface area (Å²) in [7, 11) is 0. The average molecular weight is 250 g/mol. The van der Waals surface area contributed by atoms with Crippen LogP contribution in [0.1, 0.15) is 25.8 Å². The van der Waals surface area contributed by atoms with Crippen molar-refractivity contribution in [3.05, 3.63) is 29.8 Å². The van der Waals surface area contributed by atoms with Gasteiger partial charge < -0.3 is 14.6 Å². The summed E-state index contributed by atoms with van der Waals surface area (Å²) in [5, 5.41) is 9.75. The van der Waals surface area contributed by atoms with Crippen molar-refractivity contribution in [2.24, 2.45) is 5.92 Å². The number of aliphatic hydroxyl groups is 1. The fraction of sp³-hybridized carbons (Fsp3) is 0.600. The average Bonchev–Trinajstić information content (AvgIpc) is 2.34. The van der Waals surface area contributed by atoms with Gasteiger partial charge in [0, 0.05) is 11.3 Å². The Morgan fingerprint density at radius 3 is 2.78 bits per heavy atom. The number of hydrogen-bond donors (Lipinski definition) is 1. The van der Waals surface area contributed by atoms with Gasteiger partial charge in [-0.15, -0.1) is 0 Å². The molecule has 3 nitrogen and oxygen atoms in total. The quantitative estimate of drug-likeness (QED) is 0.842. The van der Waals surface area contributed by atoms with Crippen LogP contribution in [0.25, 0.3) is 0 Å². The Morgan fingerprint density at radius 2 is 2.22 bits per heavy atom. The molecule has 1 saturated heterocycles. The van der Waals surface area contributed by atoms with E-state index in [-0.39, 0.29) is 12.0 Å². The molecule has 0 aromatic heterocycles. The molecule has 0 amide bonds. The molecule has 1 unspecified atom stereocenters. The lowest BCUT2D eigenvalue weighted by atomic mass is 9.75. The lowest BCUT2D eigenvalue weighted by Gasteiger charge is -2.36. The zero-order valence-electron chi connectivity index (χ0n) is 11.2. The van der Waals surface area contributed by atoms with E-state index in [9.17, 15) is 5.11 Å². The third-order valence-corrected chi connectivity index (χ3v) is 3.64. The van der Waals surface area contributed by atoms with Crippen LogP contribution in [0.2, 0.25) is 0 Å². The van der Waals surface area contributed by atoms with E-state index in [1.54, 1.807) is 0 Å². The SMILES string of the molecule is CCOc1cccc(C(C)(CO)CC2COC2)c1. The van der Waals surface area contributed by atoms with Crippen LogP contribution in [0, 0.1) is 5.92 Å². The molecule has 0 aliphatic carbocycles. The van der Waals surface area contributed by atoms with Crippen LogP contribution < -0.4 is 4.74 Å². The molecule has 100 valence electrons. The summed E-state index contributed by atoms with van der Waals surface area (Å²) < 4.78 is 10.7. The van der Waals surface area contributed by atoms with Gasteiger partial charge in [-0.05, 0) is 31.0 Å². The molecule has 0 saturated carbocycles. The van der Waals surface area contributed by atoms with E-state index in [1.807, 2.05) is 25.1 Å². The van der Waals surface area contributed by atoms with Crippen molar-refractivity contribution < 1.29 is 14.6 Å². The van der Waals surface area contributed by atoms with Gasteiger partial charge in [-0.3, -0.25) is 0 Å². The predicted molar refractivity (Wildman–Crippen MR) is 71.0 cm³/mol. The van der Waals surface area contributed by atoms with Gasteiger partial charge in [-0.25, -0.2) is 0 Å². The topological polar surface area (TPSA) is 38.7 Å². The van der Waals surface area contributed by atoms with E-state index in [1.165, 1.54) is 0 Å². The number of ether oxygens (including phenoxy) is 2. The first-order valence-corrected chi connectivity index (χ1v) is 6.60. The van der Waals surface area contributed by atoms with E-state index in [0.29, 0.717) is 12.5 Å². The molecule has 1 fully saturated rings. The summed E-state index contributed by atoms with van der Waals surface area (Å²) >= 11 is 0. The molecule has 0 bridgehead atoms. The first kappa shape index (κ1) is 13.4. The van der Waals surface area contributed by atoms with Gasteiger partial charge in [-0.1, -0.05) is 19.1 Å². The van der Waals surface area contributed by atoms with Gasteiger partial charge in [0.15, 0.2) is 0 Å².